The molecule has 0 saturated carbocycles. The van der Waals surface area contributed by atoms with Crippen molar-refractivity contribution >= 4 is 11.8 Å². The highest BCUT2D eigenvalue weighted by molar-refractivity contribution is 5.89. The van der Waals surface area contributed by atoms with Crippen molar-refractivity contribution in [2.24, 2.45) is 11.8 Å². The van der Waals surface area contributed by atoms with E-state index in [4.69, 9.17) is 0 Å². The van der Waals surface area contributed by atoms with Gasteiger partial charge in [-0.15, -0.1) is 0 Å². The number of aromatic nitrogens is 1. The van der Waals surface area contributed by atoms with Gasteiger partial charge in [-0.1, -0.05) is 24.3 Å². The highest BCUT2D eigenvalue weighted by Crippen LogP contribution is 2.32. The lowest BCUT2D eigenvalue weighted by atomic mass is 9.88. The van der Waals surface area contributed by atoms with Crippen LogP contribution >= 0.6 is 0 Å². The molecule has 5 heteroatoms. The summed E-state index contributed by atoms with van der Waals surface area (Å²) < 4.78 is 0. The number of likely N-dealkylation sites (tertiary alicyclic amines) is 1. The van der Waals surface area contributed by atoms with Gasteiger partial charge in [0.2, 0.25) is 11.8 Å². The number of nitrogens with zero attached hydrogens (tertiary/aromatic N) is 2. The van der Waals surface area contributed by atoms with Crippen molar-refractivity contribution in [1.82, 2.24) is 15.2 Å². The smallest absolute Gasteiger partial charge is 0.225 e. The Bertz CT molecular complexity index is 869. The summed E-state index contributed by atoms with van der Waals surface area (Å²) in [7, 11) is 0. The van der Waals surface area contributed by atoms with Gasteiger partial charge in [-0.05, 0) is 67.9 Å². The molecule has 1 aliphatic carbocycles. The van der Waals surface area contributed by atoms with Crippen molar-refractivity contribution in [3.8, 4) is 0 Å². The normalized spacial score (nSPS) is 19.4. The van der Waals surface area contributed by atoms with Crippen LogP contribution in [0.3, 0.4) is 0 Å². The van der Waals surface area contributed by atoms with E-state index in [0.29, 0.717) is 25.4 Å². The van der Waals surface area contributed by atoms with Crippen LogP contribution in [0.2, 0.25) is 0 Å². The topological polar surface area (TPSA) is 62.3 Å². The monoisotopic (exact) mass is 391 g/mol. The first-order chi connectivity index (χ1) is 13.9. The summed E-state index contributed by atoms with van der Waals surface area (Å²) in [5.74, 6) is 0.322. The van der Waals surface area contributed by atoms with E-state index in [-0.39, 0.29) is 23.3 Å². The van der Waals surface area contributed by atoms with Crippen molar-refractivity contribution in [2.75, 3.05) is 6.54 Å². The van der Waals surface area contributed by atoms with Crippen LogP contribution in [0.1, 0.15) is 43.4 Å². The molecule has 0 spiro atoms. The lowest BCUT2D eigenvalue weighted by Crippen LogP contribution is -2.47. The van der Waals surface area contributed by atoms with Gasteiger partial charge in [-0.2, -0.15) is 0 Å². The molecule has 1 aliphatic heterocycles. The molecule has 1 atom stereocenters. The fourth-order valence-electron chi connectivity index (χ4n) is 4.81. The maximum absolute atomic E-state index is 12.9. The van der Waals surface area contributed by atoms with Crippen LogP contribution < -0.4 is 5.32 Å². The van der Waals surface area contributed by atoms with Crippen molar-refractivity contribution in [3.63, 3.8) is 0 Å². The van der Waals surface area contributed by atoms with Crippen LogP contribution in [-0.4, -0.2) is 33.8 Å². The molecule has 0 bridgehead atoms. The summed E-state index contributed by atoms with van der Waals surface area (Å²) in [5, 5.41) is 3.23. The highest BCUT2D eigenvalue weighted by atomic mass is 16.2. The molecule has 1 fully saturated rings. The number of benzene rings is 1. The fraction of sp³-hybridized carbons (Fsp3) is 0.458. The Hall–Kier alpha value is -2.69. The van der Waals surface area contributed by atoms with Crippen LogP contribution in [0.15, 0.2) is 48.8 Å². The Kier molecular flexibility index (Phi) is 5.39. The van der Waals surface area contributed by atoms with Gasteiger partial charge in [0.15, 0.2) is 0 Å². The summed E-state index contributed by atoms with van der Waals surface area (Å²) in [6.45, 7) is 5.21. The van der Waals surface area contributed by atoms with E-state index < -0.39 is 0 Å². The molecule has 5 nitrogen and oxygen atoms in total. The summed E-state index contributed by atoms with van der Waals surface area (Å²) in [6.07, 6.45) is 6.85. The lowest BCUT2D eigenvalue weighted by molar-refractivity contribution is -0.129. The number of nitrogens with one attached hydrogen (secondary N) is 1. The van der Waals surface area contributed by atoms with Crippen molar-refractivity contribution in [2.45, 2.75) is 51.6 Å². The Morgan fingerprint density at radius 1 is 1.10 bits per heavy atom. The van der Waals surface area contributed by atoms with Gasteiger partial charge in [0.1, 0.15) is 0 Å². The minimum absolute atomic E-state index is 0.00362. The van der Waals surface area contributed by atoms with Crippen LogP contribution in [0, 0.1) is 11.8 Å². The third kappa shape index (κ3) is 4.66. The molecule has 1 aromatic heterocycles. The molecule has 1 aromatic carbocycles. The van der Waals surface area contributed by atoms with E-state index in [1.807, 2.05) is 12.1 Å². The molecule has 29 heavy (non-hydrogen) atoms. The van der Waals surface area contributed by atoms with E-state index in [2.05, 4.69) is 48.4 Å². The number of fused-ring (bicyclic) bond motifs is 1. The minimum atomic E-state index is -0.286. The lowest BCUT2D eigenvalue weighted by Gasteiger charge is -2.30. The molecule has 1 N–H and O–H groups in total. The van der Waals surface area contributed by atoms with Crippen molar-refractivity contribution < 1.29 is 9.59 Å². The Morgan fingerprint density at radius 2 is 1.76 bits per heavy atom. The molecule has 0 radical (unpaired) electrons. The SMILES string of the molecule is CC(C)(CC1Cc2ccccc2C1)NC(=O)[C@@H]1CC(=O)N(Cc2ccncc2)C1. The zero-order valence-corrected chi connectivity index (χ0v) is 17.2. The molecule has 2 heterocycles. The molecule has 2 amide bonds. The summed E-state index contributed by atoms with van der Waals surface area (Å²) in [5.41, 5.74) is 3.63. The summed E-state index contributed by atoms with van der Waals surface area (Å²) in [6, 6.07) is 12.4. The number of rotatable bonds is 6. The average Bonchev–Trinajstić information content (AvgIpc) is 3.24. The fourth-order valence-corrected chi connectivity index (χ4v) is 4.81. The zero-order valence-electron chi connectivity index (χ0n) is 17.2. The predicted molar refractivity (Wildman–Crippen MR) is 112 cm³/mol. The highest BCUT2D eigenvalue weighted by Gasteiger charge is 2.37. The molecule has 0 unspecified atom stereocenters. The van der Waals surface area contributed by atoms with Gasteiger partial charge in [0, 0.05) is 37.4 Å². The number of hydrogen-bond acceptors (Lipinski definition) is 3. The third-order valence-corrected chi connectivity index (χ3v) is 6.10. The van der Waals surface area contributed by atoms with E-state index in [1.54, 1.807) is 17.3 Å². The van der Waals surface area contributed by atoms with Crippen LogP contribution in [0.25, 0.3) is 0 Å². The first-order valence-corrected chi connectivity index (χ1v) is 10.4. The molecule has 2 aliphatic rings. The minimum Gasteiger partial charge on any atom is -0.351 e. The number of amides is 2. The molecule has 1 saturated heterocycles. The number of hydrogen-bond donors (Lipinski definition) is 1. The maximum Gasteiger partial charge on any atom is 0.225 e. The molecular formula is C24H29N3O2. The first kappa shape index (κ1) is 19.6. The average molecular weight is 392 g/mol. The van der Waals surface area contributed by atoms with E-state index >= 15 is 0 Å². The van der Waals surface area contributed by atoms with Gasteiger partial charge in [0.05, 0.1) is 5.92 Å². The van der Waals surface area contributed by atoms with Gasteiger partial charge >= 0.3 is 0 Å². The largest absolute Gasteiger partial charge is 0.351 e. The standard InChI is InChI=1S/C24H29N3O2/c1-24(2,14-18-11-19-5-3-4-6-20(19)12-18)26-23(29)21-13-22(28)27(16-21)15-17-7-9-25-10-8-17/h3-10,18,21H,11-16H2,1-2H3,(H,26,29)/t21-/m1/s1. The Labute approximate surface area is 172 Å². The van der Waals surface area contributed by atoms with Crippen molar-refractivity contribution in [3.05, 3.63) is 65.5 Å². The van der Waals surface area contributed by atoms with Gasteiger partial charge < -0.3 is 10.2 Å². The first-order valence-electron chi connectivity index (χ1n) is 10.4. The molecule has 152 valence electrons. The molecule has 2 aromatic rings. The van der Waals surface area contributed by atoms with Crippen LogP contribution in [0.5, 0.6) is 0 Å². The van der Waals surface area contributed by atoms with E-state index in [9.17, 15) is 9.59 Å². The second-order valence-corrected chi connectivity index (χ2v) is 9.15. The number of pyridine rings is 1. The predicted octanol–water partition coefficient (Wildman–Crippen LogP) is 3.13. The van der Waals surface area contributed by atoms with Crippen LogP contribution in [0.4, 0.5) is 0 Å². The second-order valence-electron chi connectivity index (χ2n) is 9.15. The van der Waals surface area contributed by atoms with E-state index in [0.717, 1.165) is 24.8 Å². The summed E-state index contributed by atoms with van der Waals surface area (Å²) in [4.78, 5) is 31.1. The van der Waals surface area contributed by atoms with Gasteiger partial charge in [-0.25, -0.2) is 0 Å². The Balaban J connectivity index is 1.31. The molecule has 4 rings (SSSR count). The molecular weight excluding hydrogens is 362 g/mol. The third-order valence-electron chi connectivity index (χ3n) is 6.10. The number of carbonyl (C=O) groups is 2. The zero-order chi connectivity index (χ0) is 20.4. The van der Waals surface area contributed by atoms with Crippen molar-refractivity contribution in [1.29, 1.82) is 0 Å². The quantitative estimate of drug-likeness (QED) is 0.823. The second kappa shape index (κ2) is 7.97. The number of carbonyl (C=O) groups excluding carboxylic acids is 2. The maximum atomic E-state index is 12.9. The van der Waals surface area contributed by atoms with Gasteiger partial charge in [0.25, 0.3) is 0 Å². The van der Waals surface area contributed by atoms with E-state index in [1.165, 1.54) is 11.1 Å². The van der Waals surface area contributed by atoms with Gasteiger partial charge in [-0.3, -0.25) is 14.6 Å². The van der Waals surface area contributed by atoms with Crippen LogP contribution in [-0.2, 0) is 29.0 Å². The summed E-state index contributed by atoms with van der Waals surface area (Å²) >= 11 is 0. The Morgan fingerprint density at radius 3 is 2.41 bits per heavy atom.